The third-order valence-electron chi connectivity index (χ3n) is 3.09. The van der Waals surface area contributed by atoms with Gasteiger partial charge in [0, 0.05) is 11.6 Å². The zero-order chi connectivity index (χ0) is 16.1. The van der Waals surface area contributed by atoms with Gasteiger partial charge in [0.05, 0.1) is 14.2 Å². The van der Waals surface area contributed by atoms with Crippen LogP contribution in [0.5, 0.6) is 17.2 Å². The number of aliphatic hydroxyl groups excluding tert-OH is 1. The van der Waals surface area contributed by atoms with E-state index < -0.39 is 17.7 Å². The molecule has 0 amide bonds. The van der Waals surface area contributed by atoms with Gasteiger partial charge in [-0.1, -0.05) is 0 Å². The molecule has 22 heavy (non-hydrogen) atoms. The van der Waals surface area contributed by atoms with Gasteiger partial charge in [0.25, 0.3) is 0 Å². The molecule has 4 nitrogen and oxygen atoms in total. The van der Waals surface area contributed by atoms with Crippen molar-refractivity contribution in [2.24, 2.45) is 0 Å². The van der Waals surface area contributed by atoms with Crippen LogP contribution in [0.4, 0.5) is 8.78 Å². The Morgan fingerprint density at radius 2 is 1.73 bits per heavy atom. The zero-order valence-electron chi connectivity index (χ0n) is 12.2. The molecule has 0 aliphatic heterocycles. The molecule has 0 aliphatic rings. The summed E-state index contributed by atoms with van der Waals surface area (Å²) in [5, 5.41) is 10.2. The number of ether oxygens (including phenoxy) is 3. The summed E-state index contributed by atoms with van der Waals surface area (Å²) in [4.78, 5) is 0. The summed E-state index contributed by atoms with van der Waals surface area (Å²) in [6.07, 6.45) is -1.06. The van der Waals surface area contributed by atoms with Crippen LogP contribution < -0.4 is 14.2 Å². The number of rotatable bonds is 6. The summed E-state index contributed by atoms with van der Waals surface area (Å²) in [7, 11) is 2.97. The van der Waals surface area contributed by atoms with Crippen LogP contribution in [0, 0.1) is 11.6 Å². The molecule has 2 aromatic rings. The van der Waals surface area contributed by atoms with Crippen LogP contribution in [0.25, 0.3) is 0 Å². The van der Waals surface area contributed by atoms with Crippen LogP contribution in [0.2, 0.25) is 0 Å². The molecular weight excluding hydrogens is 294 g/mol. The minimum atomic E-state index is -1.06. The first-order chi connectivity index (χ1) is 10.5. The standard InChI is InChI=1S/C16H16F2O4/c1-20-11-4-6-15(21-2)12(8-11)14(19)9-22-16-5-3-10(17)7-13(16)18/h3-8,14,19H,9H2,1-2H3. The van der Waals surface area contributed by atoms with Crippen molar-refractivity contribution in [2.45, 2.75) is 6.10 Å². The van der Waals surface area contributed by atoms with E-state index in [0.29, 0.717) is 23.1 Å². The molecule has 6 heteroatoms. The molecule has 0 saturated carbocycles. The molecule has 0 spiro atoms. The molecule has 0 fully saturated rings. The van der Waals surface area contributed by atoms with Crippen LogP contribution >= 0.6 is 0 Å². The van der Waals surface area contributed by atoms with E-state index in [2.05, 4.69) is 0 Å². The normalized spacial score (nSPS) is 11.9. The molecule has 1 unspecified atom stereocenters. The Kier molecular flexibility index (Phi) is 5.16. The molecule has 0 aliphatic carbocycles. The van der Waals surface area contributed by atoms with E-state index >= 15 is 0 Å². The lowest BCUT2D eigenvalue weighted by molar-refractivity contribution is 0.103. The van der Waals surface area contributed by atoms with Gasteiger partial charge in [0.1, 0.15) is 30.0 Å². The van der Waals surface area contributed by atoms with Crippen LogP contribution in [-0.2, 0) is 0 Å². The third-order valence-corrected chi connectivity index (χ3v) is 3.09. The quantitative estimate of drug-likeness (QED) is 0.890. The predicted molar refractivity (Wildman–Crippen MR) is 76.4 cm³/mol. The second kappa shape index (κ2) is 7.09. The van der Waals surface area contributed by atoms with Gasteiger partial charge in [-0.25, -0.2) is 8.78 Å². The van der Waals surface area contributed by atoms with E-state index in [4.69, 9.17) is 14.2 Å². The Bertz CT molecular complexity index is 646. The lowest BCUT2D eigenvalue weighted by Gasteiger charge is -2.17. The summed E-state index contributed by atoms with van der Waals surface area (Å²) in [6, 6.07) is 7.91. The van der Waals surface area contributed by atoms with E-state index in [1.54, 1.807) is 18.2 Å². The highest BCUT2D eigenvalue weighted by Crippen LogP contribution is 2.30. The highest BCUT2D eigenvalue weighted by Gasteiger charge is 2.16. The van der Waals surface area contributed by atoms with E-state index in [0.717, 1.165) is 6.07 Å². The van der Waals surface area contributed by atoms with Gasteiger partial charge < -0.3 is 19.3 Å². The lowest BCUT2D eigenvalue weighted by atomic mass is 10.1. The highest BCUT2D eigenvalue weighted by atomic mass is 19.1. The Morgan fingerprint density at radius 3 is 2.36 bits per heavy atom. The van der Waals surface area contributed by atoms with Gasteiger partial charge in [-0.15, -0.1) is 0 Å². The molecule has 1 N–H and O–H groups in total. The van der Waals surface area contributed by atoms with Crippen LogP contribution in [-0.4, -0.2) is 25.9 Å². The molecular formula is C16H16F2O4. The fourth-order valence-corrected chi connectivity index (χ4v) is 1.95. The van der Waals surface area contributed by atoms with Crippen molar-refractivity contribution in [1.82, 2.24) is 0 Å². The zero-order valence-corrected chi connectivity index (χ0v) is 12.2. The maximum atomic E-state index is 13.5. The van der Waals surface area contributed by atoms with Crippen molar-refractivity contribution >= 4 is 0 Å². The Balaban J connectivity index is 2.13. The average Bonchev–Trinajstić information content (AvgIpc) is 2.53. The first-order valence-electron chi connectivity index (χ1n) is 6.53. The molecule has 0 saturated heterocycles. The van der Waals surface area contributed by atoms with Gasteiger partial charge in [-0.2, -0.15) is 0 Å². The second-order valence-electron chi connectivity index (χ2n) is 4.51. The average molecular weight is 310 g/mol. The fourth-order valence-electron chi connectivity index (χ4n) is 1.95. The van der Waals surface area contributed by atoms with Crippen molar-refractivity contribution in [3.63, 3.8) is 0 Å². The molecule has 1 atom stereocenters. The molecule has 118 valence electrons. The second-order valence-corrected chi connectivity index (χ2v) is 4.51. The summed E-state index contributed by atoms with van der Waals surface area (Å²) >= 11 is 0. The van der Waals surface area contributed by atoms with Crippen molar-refractivity contribution < 1.29 is 28.1 Å². The van der Waals surface area contributed by atoms with E-state index in [-0.39, 0.29) is 12.4 Å². The first-order valence-corrected chi connectivity index (χ1v) is 6.53. The van der Waals surface area contributed by atoms with Crippen molar-refractivity contribution in [3.05, 3.63) is 53.6 Å². The summed E-state index contributed by atoms with van der Waals surface area (Å²) in [5.74, 6) is -0.661. The highest BCUT2D eigenvalue weighted by molar-refractivity contribution is 5.41. The molecule has 0 aromatic heterocycles. The van der Waals surface area contributed by atoms with Gasteiger partial charge in [0.15, 0.2) is 11.6 Å². The Morgan fingerprint density at radius 1 is 1.00 bits per heavy atom. The van der Waals surface area contributed by atoms with Crippen molar-refractivity contribution in [2.75, 3.05) is 20.8 Å². The smallest absolute Gasteiger partial charge is 0.167 e. The van der Waals surface area contributed by atoms with E-state index in [1.165, 1.54) is 20.3 Å². The topological polar surface area (TPSA) is 47.9 Å². The summed E-state index contributed by atoms with van der Waals surface area (Å²) in [5.41, 5.74) is 0.448. The number of benzene rings is 2. The van der Waals surface area contributed by atoms with Crippen LogP contribution in [0.15, 0.2) is 36.4 Å². The van der Waals surface area contributed by atoms with Crippen LogP contribution in [0.3, 0.4) is 0 Å². The minimum Gasteiger partial charge on any atom is -0.497 e. The third kappa shape index (κ3) is 3.65. The summed E-state index contributed by atoms with van der Waals surface area (Å²) in [6.45, 7) is -0.216. The Hall–Kier alpha value is -2.34. The molecule has 2 rings (SSSR count). The van der Waals surface area contributed by atoms with Crippen LogP contribution in [0.1, 0.15) is 11.7 Å². The van der Waals surface area contributed by atoms with Gasteiger partial charge in [-0.05, 0) is 30.3 Å². The Labute approximate surface area is 126 Å². The maximum absolute atomic E-state index is 13.5. The van der Waals surface area contributed by atoms with Gasteiger partial charge in [-0.3, -0.25) is 0 Å². The largest absolute Gasteiger partial charge is 0.497 e. The first kappa shape index (κ1) is 16.0. The van der Waals surface area contributed by atoms with Gasteiger partial charge >= 0.3 is 0 Å². The predicted octanol–water partition coefficient (Wildman–Crippen LogP) is 3.09. The van der Waals surface area contributed by atoms with Crippen molar-refractivity contribution in [1.29, 1.82) is 0 Å². The number of hydrogen-bond acceptors (Lipinski definition) is 4. The van der Waals surface area contributed by atoms with E-state index in [9.17, 15) is 13.9 Å². The fraction of sp³-hybridized carbons (Fsp3) is 0.250. The van der Waals surface area contributed by atoms with Gasteiger partial charge in [0.2, 0.25) is 0 Å². The molecule has 0 heterocycles. The monoisotopic (exact) mass is 310 g/mol. The molecule has 0 bridgehead atoms. The minimum absolute atomic E-state index is 0.137. The number of hydrogen-bond donors (Lipinski definition) is 1. The number of methoxy groups -OCH3 is 2. The SMILES string of the molecule is COc1ccc(OC)c(C(O)COc2ccc(F)cc2F)c1. The number of halogens is 2. The summed E-state index contributed by atoms with van der Waals surface area (Å²) < 4.78 is 41.7. The lowest BCUT2D eigenvalue weighted by Crippen LogP contribution is -2.11. The molecule has 0 radical (unpaired) electrons. The number of aliphatic hydroxyl groups is 1. The van der Waals surface area contributed by atoms with Crippen molar-refractivity contribution in [3.8, 4) is 17.2 Å². The molecule has 2 aromatic carbocycles. The maximum Gasteiger partial charge on any atom is 0.167 e. The van der Waals surface area contributed by atoms with E-state index in [1.807, 2.05) is 0 Å².